The number of carbonyl (C=O) groups is 1. The number of rotatable bonds is 5. The summed E-state index contributed by atoms with van der Waals surface area (Å²) in [6, 6.07) is 24.6. The fourth-order valence-corrected chi connectivity index (χ4v) is 4.58. The first kappa shape index (κ1) is 20.6. The predicted molar refractivity (Wildman–Crippen MR) is 128 cm³/mol. The highest BCUT2D eigenvalue weighted by Gasteiger charge is 2.18. The summed E-state index contributed by atoms with van der Waals surface area (Å²) in [5.41, 5.74) is 2.78. The Morgan fingerprint density at radius 3 is 2.23 bits per heavy atom. The summed E-state index contributed by atoms with van der Waals surface area (Å²) in [4.78, 5) is 12.7. The summed E-state index contributed by atoms with van der Waals surface area (Å²) < 4.78 is 6.77. The molecule has 0 saturated heterocycles. The molecule has 4 aromatic carbocycles. The molecule has 0 spiro atoms. The van der Waals surface area contributed by atoms with Crippen LogP contribution in [0.3, 0.4) is 0 Å². The van der Waals surface area contributed by atoms with Crippen LogP contribution < -0.4 is 0 Å². The van der Waals surface area contributed by atoms with Crippen LogP contribution in [0.1, 0.15) is 60.7 Å². The molecule has 2 atom stereocenters. The summed E-state index contributed by atoms with van der Waals surface area (Å²) in [6.07, 6.45) is 0.712. The van der Waals surface area contributed by atoms with Crippen LogP contribution in [-0.4, -0.2) is 5.97 Å². The van der Waals surface area contributed by atoms with E-state index in [9.17, 15) is 4.79 Å². The molecule has 0 heterocycles. The number of ether oxygens (including phenoxy) is 1. The zero-order valence-corrected chi connectivity index (χ0v) is 19.1. The highest BCUT2D eigenvalue weighted by Crippen LogP contribution is 2.35. The molecule has 0 aromatic heterocycles. The van der Waals surface area contributed by atoms with Gasteiger partial charge in [0.05, 0.1) is 5.56 Å². The molecular weight excluding hydrogens is 436 g/mol. The standard InChI is InChI=1S/C27H25BrO2/c1-4-17(2)19-9-11-20(12-10-19)27(29)30-18(3)24-14-13-23-15-21-7-5-6-8-22(21)16-25(23)26(24)28/h5-18H,4H2,1-3H3. The van der Waals surface area contributed by atoms with Gasteiger partial charge in [-0.3, -0.25) is 0 Å². The number of fused-ring (bicyclic) bond motifs is 2. The van der Waals surface area contributed by atoms with E-state index < -0.39 is 0 Å². The van der Waals surface area contributed by atoms with Crippen molar-refractivity contribution < 1.29 is 9.53 Å². The van der Waals surface area contributed by atoms with Gasteiger partial charge >= 0.3 is 5.97 Å². The number of benzene rings is 4. The van der Waals surface area contributed by atoms with Crippen LogP contribution in [0, 0.1) is 0 Å². The van der Waals surface area contributed by atoms with Crippen molar-refractivity contribution in [2.75, 3.05) is 0 Å². The third-order valence-corrected chi connectivity index (χ3v) is 6.78. The molecule has 0 aliphatic carbocycles. The van der Waals surface area contributed by atoms with E-state index in [4.69, 9.17) is 4.74 Å². The molecule has 3 heteroatoms. The van der Waals surface area contributed by atoms with Crippen molar-refractivity contribution in [1.82, 2.24) is 0 Å². The Kier molecular flexibility index (Phi) is 5.92. The quantitative estimate of drug-likeness (QED) is 0.221. The van der Waals surface area contributed by atoms with Crippen LogP contribution in [0.4, 0.5) is 0 Å². The van der Waals surface area contributed by atoms with Gasteiger partial charge in [0.2, 0.25) is 0 Å². The second-order valence-corrected chi connectivity index (χ2v) is 8.66. The predicted octanol–water partition coefficient (Wildman–Crippen LogP) is 8.19. The molecule has 4 rings (SSSR count). The van der Waals surface area contributed by atoms with Crippen molar-refractivity contribution in [3.8, 4) is 0 Å². The lowest BCUT2D eigenvalue weighted by Gasteiger charge is -2.17. The first-order chi connectivity index (χ1) is 14.5. The highest BCUT2D eigenvalue weighted by molar-refractivity contribution is 9.10. The van der Waals surface area contributed by atoms with Crippen LogP contribution in [0.2, 0.25) is 0 Å². The third-order valence-electron chi connectivity index (χ3n) is 5.90. The van der Waals surface area contributed by atoms with Gasteiger partial charge in [0, 0.05) is 10.0 Å². The topological polar surface area (TPSA) is 26.3 Å². The first-order valence-corrected chi connectivity index (χ1v) is 11.2. The molecule has 0 saturated carbocycles. The van der Waals surface area contributed by atoms with Crippen molar-refractivity contribution in [2.24, 2.45) is 0 Å². The number of hydrogen-bond donors (Lipinski definition) is 0. The Hall–Kier alpha value is -2.65. The molecule has 0 aliphatic rings. The second kappa shape index (κ2) is 8.61. The molecule has 0 radical (unpaired) electrons. The van der Waals surface area contributed by atoms with Gasteiger partial charge < -0.3 is 4.74 Å². The van der Waals surface area contributed by atoms with E-state index in [2.05, 4.69) is 66.2 Å². The van der Waals surface area contributed by atoms with Crippen molar-refractivity contribution in [1.29, 1.82) is 0 Å². The van der Waals surface area contributed by atoms with Crippen molar-refractivity contribution in [2.45, 2.75) is 39.2 Å². The maximum atomic E-state index is 12.7. The van der Waals surface area contributed by atoms with E-state index in [-0.39, 0.29) is 12.1 Å². The smallest absolute Gasteiger partial charge is 0.338 e. The second-order valence-electron chi connectivity index (χ2n) is 7.87. The lowest BCUT2D eigenvalue weighted by molar-refractivity contribution is 0.0337. The van der Waals surface area contributed by atoms with Crippen LogP contribution in [-0.2, 0) is 4.74 Å². The Labute approximate surface area is 186 Å². The number of esters is 1. The van der Waals surface area contributed by atoms with Gasteiger partial charge in [0.1, 0.15) is 6.10 Å². The minimum absolute atomic E-state index is 0.302. The summed E-state index contributed by atoms with van der Waals surface area (Å²) in [5.74, 6) is 0.183. The van der Waals surface area contributed by atoms with Gasteiger partial charge in [0.25, 0.3) is 0 Å². The fourth-order valence-electron chi connectivity index (χ4n) is 3.78. The van der Waals surface area contributed by atoms with Crippen LogP contribution in [0.15, 0.2) is 77.3 Å². The molecule has 4 aromatic rings. The highest BCUT2D eigenvalue weighted by atomic mass is 79.9. The Morgan fingerprint density at radius 1 is 0.900 bits per heavy atom. The summed E-state index contributed by atoms with van der Waals surface area (Å²) >= 11 is 3.76. The van der Waals surface area contributed by atoms with Crippen molar-refractivity contribution >= 4 is 43.4 Å². The average Bonchev–Trinajstić information content (AvgIpc) is 2.77. The van der Waals surface area contributed by atoms with Gasteiger partial charge in [-0.2, -0.15) is 0 Å². The van der Waals surface area contributed by atoms with E-state index in [1.54, 1.807) is 0 Å². The molecular formula is C27H25BrO2. The lowest BCUT2D eigenvalue weighted by Crippen LogP contribution is -2.10. The summed E-state index contributed by atoms with van der Waals surface area (Å²) in [7, 11) is 0. The molecule has 0 N–H and O–H groups in total. The van der Waals surface area contributed by atoms with E-state index in [0.29, 0.717) is 11.5 Å². The average molecular weight is 461 g/mol. The SMILES string of the molecule is CCC(C)c1ccc(C(=O)OC(C)c2ccc3cc4ccccc4cc3c2Br)cc1. The van der Waals surface area contributed by atoms with E-state index in [1.165, 1.54) is 16.3 Å². The Balaban J connectivity index is 1.59. The van der Waals surface area contributed by atoms with Crippen LogP contribution in [0.25, 0.3) is 21.5 Å². The molecule has 0 amide bonds. The summed E-state index contributed by atoms with van der Waals surface area (Å²) in [5, 5.41) is 4.68. The van der Waals surface area contributed by atoms with Gasteiger partial charge in [-0.05, 0) is 86.6 Å². The molecule has 0 bridgehead atoms. The van der Waals surface area contributed by atoms with Gasteiger partial charge in [-0.25, -0.2) is 4.79 Å². The van der Waals surface area contributed by atoms with E-state index in [0.717, 1.165) is 27.2 Å². The zero-order chi connectivity index (χ0) is 21.3. The number of halogens is 1. The molecule has 0 aliphatic heterocycles. The molecule has 152 valence electrons. The van der Waals surface area contributed by atoms with Crippen molar-refractivity contribution in [3.05, 3.63) is 94.0 Å². The van der Waals surface area contributed by atoms with Crippen LogP contribution in [0.5, 0.6) is 0 Å². The summed E-state index contributed by atoms with van der Waals surface area (Å²) in [6.45, 7) is 6.27. The maximum Gasteiger partial charge on any atom is 0.338 e. The van der Waals surface area contributed by atoms with Gasteiger partial charge in [-0.1, -0.05) is 62.4 Å². The molecule has 0 fully saturated rings. The molecule has 30 heavy (non-hydrogen) atoms. The Morgan fingerprint density at radius 2 is 1.57 bits per heavy atom. The monoisotopic (exact) mass is 460 g/mol. The molecule has 2 nitrogen and oxygen atoms in total. The number of carbonyl (C=O) groups excluding carboxylic acids is 1. The largest absolute Gasteiger partial charge is 0.454 e. The van der Waals surface area contributed by atoms with Gasteiger partial charge in [0.15, 0.2) is 0 Å². The lowest BCUT2D eigenvalue weighted by atomic mass is 9.97. The van der Waals surface area contributed by atoms with Gasteiger partial charge in [-0.15, -0.1) is 0 Å². The zero-order valence-electron chi connectivity index (χ0n) is 17.5. The fraction of sp³-hybridized carbons (Fsp3) is 0.222. The first-order valence-electron chi connectivity index (χ1n) is 10.4. The minimum Gasteiger partial charge on any atom is -0.454 e. The third kappa shape index (κ3) is 3.99. The van der Waals surface area contributed by atoms with E-state index >= 15 is 0 Å². The van der Waals surface area contributed by atoms with Crippen LogP contribution >= 0.6 is 15.9 Å². The van der Waals surface area contributed by atoms with Crippen molar-refractivity contribution in [3.63, 3.8) is 0 Å². The Bertz CT molecular complexity index is 1210. The molecule has 2 unspecified atom stereocenters. The maximum absolute atomic E-state index is 12.7. The normalized spacial score (nSPS) is 13.3. The van der Waals surface area contributed by atoms with E-state index in [1.807, 2.05) is 43.3 Å². The minimum atomic E-state index is -0.364. The number of hydrogen-bond acceptors (Lipinski definition) is 2.